The SMILES string of the molecule is COc1ccccc1C(=O)NN=Cc1cc(Br)c(O)c(O)c1Br. The average Bonchev–Trinajstić information content (AvgIpc) is 2.57. The van der Waals surface area contributed by atoms with Crippen LogP contribution in [0.2, 0.25) is 0 Å². The zero-order valence-electron chi connectivity index (χ0n) is 11.9. The van der Waals surface area contributed by atoms with Gasteiger partial charge in [0, 0.05) is 5.56 Å². The van der Waals surface area contributed by atoms with E-state index in [4.69, 9.17) is 4.74 Å². The van der Waals surface area contributed by atoms with Crippen molar-refractivity contribution in [3.63, 3.8) is 0 Å². The van der Waals surface area contributed by atoms with E-state index in [9.17, 15) is 15.0 Å². The largest absolute Gasteiger partial charge is 0.503 e. The third-order valence-electron chi connectivity index (χ3n) is 2.92. The first-order valence-electron chi connectivity index (χ1n) is 6.32. The lowest BCUT2D eigenvalue weighted by Crippen LogP contribution is -2.18. The van der Waals surface area contributed by atoms with E-state index < -0.39 is 5.91 Å². The summed E-state index contributed by atoms with van der Waals surface area (Å²) in [7, 11) is 1.48. The second-order valence-electron chi connectivity index (χ2n) is 4.36. The Morgan fingerprint density at radius 3 is 2.65 bits per heavy atom. The summed E-state index contributed by atoms with van der Waals surface area (Å²) in [5.74, 6) is -0.604. The monoisotopic (exact) mass is 442 g/mol. The van der Waals surface area contributed by atoms with Gasteiger partial charge >= 0.3 is 0 Å². The molecule has 2 aromatic carbocycles. The summed E-state index contributed by atoms with van der Waals surface area (Å²) >= 11 is 6.26. The van der Waals surface area contributed by atoms with Crippen LogP contribution in [0.1, 0.15) is 15.9 Å². The minimum absolute atomic E-state index is 0.258. The van der Waals surface area contributed by atoms with Gasteiger partial charge in [0.05, 0.1) is 27.8 Å². The lowest BCUT2D eigenvalue weighted by molar-refractivity contribution is 0.0952. The molecule has 0 saturated carbocycles. The molecule has 6 nitrogen and oxygen atoms in total. The highest BCUT2D eigenvalue weighted by Gasteiger charge is 2.13. The van der Waals surface area contributed by atoms with Gasteiger partial charge in [0.15, 0.2) is 11.5 Å². The van der Waals surface area contributed by atoms with E-state index in [0.29, 0.717) is 21.3 Å². The van der Waals surface area contributed by atoms with Gasteiger partial charge in [-0.2, -0.15) is 5.10 Å². The van der Waals surface area contributed by atoms with Gasteiger partial charge < -0.3 is 14.9 Å². The fraction of sp³-hybridized carbons (Fsp3) is 0.0667. The van der Waals surface area contributed by atoms with Gasteiger partial charge in [-0.05, 0) is 50.1 Å². The molecule has 3 N–H and O–H groups in total. The lowest BCUT2D eigenvalue weighted by Gasteiger charge is -2.07. The Hall–Kier alpha value is -2.06. The number of nitrogens with one attached hydrogen (secondary N) is 1. The molecule has 0 aliphatic carbocycles. The Balaban J connectivity index is 2.18. The van der Waals surface area contributed by atoms with Crippen molar-refractivity contribution in [1.29, 1.82) is 0 Å². The van der Waals surface area contributed by atoms with Crippen molar-refractivity contribution in [1.82, 2.24) is 5.43 Å². The predicted octanol–water partition coefficient (Wildman–Crippen LogP) is 3.40. The maximum atomic E-state index is 12.1. The average molecular weight is 444 g/mol. The number of hydrogen-bond acceptors (Lipinski definition) is 5. The molecule has 0 fully saturated rings. The van der Waals surface area contributed by atoms with Gasteiger partial charge in [0.2, 0.25) is 0 Å². The van der Waals surface area contributed by atoms with Crippen molar-refractivity contribution in [2.45, 2.75) is 0 Å². The highest BCUT2D eigenvalue weighted by molar-refractivity contribution is 9.11. The molecule has 0 aromatic heterocycles. The number of carbonyl (C=O) groups is 1. The second-order valence-corrected chi connectivity index (χ2v) is 6.01. The summed E-state index contributed by atoms with van der Waals surface area (Å²) < 4.78 is 5.67. The van der Waals surface area contributed by atoms with E-state index in [1.165, 1.54) is 19.4 Å². The topological polar surface area (TPSA) is 91.2 Å². The van der Waals surface area contributed by atoms with Crippen LogP contribution in [0.5, 0.6) is 17.2 Å². The zero-order valence-corrected chi connectivity index (χ0v) is 15.1. The summed E-state index contributed by atoms with van der Waals surface area (Å²) in [6.45, 7) is 0. The number of ether oxygens (including phenoxy) is 1. The number of aromatic hydroxyl groups is 2. The first-order valence-corrected chi connectivity index (χ1v) is 7.90. The number of benzene rings is 2. The molecule has 0 unspecified atom stereocenters. The highest BCUT2D eigenvalue weighted by Crippen LogP contribution is 2.40. The maximum Gasteiger partial charge on any atom is 0.275 e. The van der Waals surface area contributed by atoms with Crippen LogP contribution >= 0.6 is 31.9 Å². The molecule has 0 saturated heterocycles. The Bertz CT molecular complexity index is 778. The van der Waals surface area contributed by atoms with Crippen molar-refractivity contribution in [2.24, 2.45) is 5.10 Å². The van der Waals surface area contributed by atoms with E-state index in [1.54, 1.807) is 24.3 Å². The summed E-state index contributed by atoms with van der Waals surface area (Å²) in [6.07, 6.45) is 1.33. The van der Waals surface area contributed by atoms with E-state index in [1.807, 2.05) is 0 Å². The van der Waals surface area contributed by atoms with Crippen molar-refractivity contribution < 1.29 is 19.7 Å². The molecule has 0 atom stereocenters. The van der Waals surface area contributed by atoms with Crippen LogP contribution < -0.4 is 10.2 Å². The van der Waals surface area contributed by atoms with Gasteiger partial charge in [-0.15, -0.1) is 0 Å². The van der Waals surface area contributed by atoms with Crippen LogP contribution in [0.15, 0.2) is 44.4 Å². The van der Waals surface area contributed by atoms with Crippen molar-refractivity contribution in [3.05, 3.63) is 50.4 Å². The smallest absolute Gasteiger partial charge is 0.275 e. The molecule has 8 heteroatoms. The van der Waals surface area contributed by atoms with Crippen molar-refractivity contribution in [3.8, 4) is 17.2 Å². The molecule has 0 radical (unpaired) electrons. The minimum atomic E-state index is -0.433. The minimum Gasteiger partial charge on any atom is -0.503 e. The summed E-state index contributed by atoms with van der Waals surface area (Å²) in [6, 6.07) is 8.30. The summed E-state index contributed by atoms with van der Waals surface area (Å²) in [5, 5.41) is 23.1. The van der Waals surface area contributed by atoms with Crippen LogP contribution in [0.3, 0.4) is 0 Å². The number of halogens is 2. The van der Waals surface area contributed by atoms with E-state index in [-0.39, 0.29) is 16.0 Å². The van der Waals surface area contributed by atoms with Crippen LogP contribution in [0.4, 0.5) is 0 Å². The number of para-hydroxylation sites is 1. The Morgan fingerprint density at radius 2 is 1.96 bits per heavy atom. The van der Waals surface area contributed by atoms with Crippen LogP contribution in [-0.2, 0) is 0 Å². The molecule has 120 valence electrons. The van der Waals surface area contributed by atoms with Crippen LogP contribution in [0.25, 0.3) is 0 Å². The normalized spacial score (nSPS) is 10.7. The Labute approximate surface area is 149 Å². The van der Waals surface area contributed by atoms with E-state index in [2.05, 4.69) is 42.4 Å². The van der Waals surface area contributed by atoms with E-state index >= 15 is 0 Å². The van der Waals surface area contributed by atoms with Crippen LogP contribution in [0, 0.1) is 0 Å². The molecule has 0 aliphatic heterocycles. The summed E-state index contributed by atoms with van der Waals surface area (Å²) in [4.78, 5) is 12.1. The Kier molecular flexibility index (Phi) is 5.62. The highest BCUT2D eigenvalue weighted by atomic mass is 79.9. The third-order valence-corrected chi connectivity index (χ3v) is 4.35. The maximum absolute atomic E-state index is 12.1. The van der Waals surface area contributed by atoms with E-state index in [0.717, 1.165) is 0 Å². The number of phenolic OH excluding ortho intramolecular Hbond substituents is 2. The standard InChI is InChI=1S/C15H12Br2N2O4/c1-23-11-5-3-2-4-9(11)15(22)19-18-7-8-6-10(16)13(20)14(21)12(8)17/h2-7,20-21H,1H3,(H,19,22). The van der Waals surface area contributed by atoms with Gasteiger partial charge in [0.1, 0.15) is 5.75 Å². The number of carbonyl (C=O) groups excluding carboxylic acids is 1. The zero-order chi connectivity index (χ0) is 17.0. The number of nitrogens with zero attached hydrogens (tertiary/aromatic N) is 1. The van der Waals surface area contributed by atoms with Crippen LogP contribution in [-0.4, -0.2) is 29.4 Å². The van der Waals surface area contributed by atoms with Gasteiger partial charge in [-0.1, -0.05) is 12.1 Å². The number of hydrogen-bond donors (Lipinski definition) is 3. The fourth-order valence-corrected chi connectivity index (χ4v) is 2.61. The molecule has 0 bridgehead atoms. The third kappa shape index (κ3) is 3.83. The fourth-order valence-electron chi connectivity index (χ4n) is 1.77. The molecule has 23 heavy (non-hydrogen) atoms. The van der Waals surface area contributed by atoms with Gasteiger partial charge in [-0.3, -0.25) is 4.79 Å². The van der Waals surface area contributed by atoms with Crippen molar-refractivity contribution in [2.75, 3.05) is 7.11 Å². The van der Waals surface area contributed by atoms with Gasteiger partial charge in [0.25, 0.3) is 5.91 Å². The quantitative estimate of drug-likeness (QED) is 0.383. The lowest BCUT2D eigenvalue weighted by atomic mass is 10.2. The number of hydrazone groups is 1. The van der Waals surface area contributed by atoms with Gasteiger partial charge in [-0.25, -0.2) is 5.43 Å². The molecule has 2 aromatic rings. The Morgan fingerprint density at radius 1 is 1.26 bits per heavy atom. The second kappa shape index (κ2) is 7.47. The molecular formula is C15H12Br2N2O4. The number of amides is 1. The first kappa shape index (κ1) is 17.3. The molecule has 1 amide bonds. The number of methoxy groups -OCH3 is 1. The number of rotatable bonds is 4. The molecular weight excluding hydrogens is 432 g/mol. The number of phenols is 2. The molecule has 0 aliphatic rings. The first-order chi connectivity index (χ1) is 11.0. The molecule has 0 spiro atoms. The summed E-state index contributed by atoms with van der Waals surface area (Å²) in [5.41, 5.74) is 3.19. The molecule has 0 heterocycles. The predicted molar refractivity (Wildman–Crippen MR) is 93.2 cm³/mol. The van der Waals surface area contributed by atoms with Crippen molar-refractivity contribution >= 4 is 44.0 Å². The molecule has 2 rings (SSSR count).